The van der Waals surface area contributed by atoms with Crippen LogP contribution in [0.15, 0.2) is 30.3 Å². The van der Waals surface area contributed by atoms with Crippen LogP contribution in [0.3, 0.4) is 0 Å². The normalized spacial score (nSPS) is 10.7. The molecule has 0 atom stereocenters. The third kappa shape index (κ3) is 2.56. The summed E-state index contributed by atoms with van der Waals surface area (Å²) in [6.45, 7) is 5.60. The van der Waals surface area contributed by atoms with Crippen molar-refractivity contribution in [3.05, 3.63) is 41.7 Å². The summed E-state index contributed by atoms with van der Waals surface area (Å²) in [6.07, 6.45) is 0. The van der Waals surface area contributed by atoms with Gasteiger partial charge in [-0.25, -0.2) is 0 Å². The van der Waals surface area contributed by atoms with Crippen LogP contribution in [-0.4, -0.2) is 26.9 Å². The van der Waals surface area contributed by atoms with Crippen LogP contribution in [-0.2, 0) is 0 Å². The van der Waals surface area contributed by atoms with E-state index in [9.17, 15) is 4.79 Å². The molecule has 0 bridgehead atoms. The standard InChI is InChI=1S/C13H16N4O/c1-9(2)14-13(18)12-10(3)15-17(16-12)11-7-5-4-6-8-11/h4-9H,1-3H3,(H,14,18). The SMILES string of the molecule is Cc1nn(-c2ccccc2)nc1C(=O)NC(C)C. The van der Waals surface area contributed by atoms with Gasteiger partial charge >= 0.3 is 0 Å². The van der Waals surface area contributed by atoms with Crippen molar-refractivity contribution in [1.29, 1.82) is 0 Å². The van der Waals surface area contributed by atoms with Gasteiger partial charge in [0.1, 0.15) is 0 Å². The Labute approximate surface area is 106 Å². The van der Waals surface area contributed by atoms with Gasteiger partial charge in [0.15, 0.2) is 5.69 Å². The van der Waals surface area contributed by atoms with Crippen LogP contribution < -0.4 is 5.32 Å². The Hall–Kier alpha value is -2.17. The number of hydrogen-bond donors (Lipinski definition) is 1. The summed E-state index contributed by atoms with van der Waals surface area (Å²) in [6, 6.07) is 9.60. The summed E-state index contributed by atoms with van der Waals surface area (Å²) in [5, 5.41) is 11.3. The maximum Gasteiger partial charge on any atom is 0.273 e. The third-order valence-electron chi connectivity index (χ3n) is 2.40. The fourth-order valence-corrected chi connectivity index (χ4v) is 1.60. The van der Waals surface area contributed by atoms with Crippen molar-refractivity contribution in [1.82, 2.24) is 20.3 Å². The molecule has 2 rings (SSSR count). The molecule has 1 aromatic heterocycles. The molecule has 0 unspecified atom stereocenters. The van der Waals surface area contributed by atoms with E-state index >= 15 is 0 Å². The number of amides is 1. The van der Waals surface area contributed by atoms with E-state index in [0.29, 0.717) is 11.4 Å². The molecule has 0 aliphatic heterocycles. The van der Waals surface area contributed by atoms with Crippen LogP contribution in [0, 0.1) is 6.92 Å². The second-order valence-corrected chi connectivity index (χ2v) is 4.39. The molecule has 0 aliphatic carbocycles. The highest BCUT2D eigenvalue weighted by molar-refractivity contribution is 5.93. The second kappa shape index (κ2) is 5.00. The molecule has 0 fully saturated rings. The number of benzene rings is 1. The molecular weight excluding hydrogens is 228 g/mol. The predicted molar refractivity (Wildman–Crippen MR) is 68.7 cm³/mol. The molecule has 0 aliphatic rings. The summed E-state index contributed by atoms with van der Waals surface area (Å²) < 4.78 is 0. The number of aryl methyl sites for hydroxylation is 1. The number of carbonyl (C=O) groups excluding carboxylic acids is 1. The first-order valence-electron chi connectivity index (χ1n) is 5.88. The first-order valence-corrected chi connectivity index (χ1v) is 5.88. The van der Waals surface area contributed by atoms with Crippen molar-refractivity contribution >= 4 is 5.91 Å². The topological polar surface area (TPSA) is 59.8 Å². The van der Waals surface area contributed by atoms with E-state index in [1.165, 1.54) is 4.80 Å². The second-order valence-electron chi connectivity index (χ2n) is 4.39. The zero-order valence-electron chi connectivity index (χ0n) is 10.7. The number of nitrogens with zero attached hydrogens (tertiary/aromatic N) is 3. The number of nitrogens with one attached hydrogen (secondary N) is 1. The maximum atomic E-state index is 11.9. The Bertz CT molecular complexity index is 545. The van der Waals surface area contributed by atoms with E-state index in [1.54, 1.807) is 6.92 Å². The van der Waals surface area contributed by atoms with Gasteiger partial charge in [0.05, 0.1) is 11.4 Å². The van der Waals surface area contributed by atoms with Gasteiger partial charge in [-0.3, -0.25) is 4.79 Å². The molecule has 5 nitrogen and oxygen atoms in total. The molecule has 1 aromatic carbocycles. The first-order chi connectivity index (χ1) is 8.58. The van der Waals surface area contributed by atoms with Gasteiger partial charge in [-0.05, 0) is 32.9 Å². The van der Waals surface area contributed by atoms with E-state index in [2.05, 4.69) is 15.5 Å². The molecule has 2 aromatic rings. The molecule has 94 valence electrons. The number of para-hydroxylation sites is 1. The Kier molecular flexibility index (Phi) is 3.41. The highest BCUT2D eigenvalue weighted by Gasteiger charge is 2.16. The summed E-state index contributed by atoms with van der Waals surface area (Å²) in [7, 11) is 0. The van der Waals surface area contributed by atoms with Crippen molar-refractivity contribution in [3.63, 3.8) is 0 Å². The zero-order valence-corrected chi connectivity index (χ0v) is 10.7. The summed E-state index contributed by atoms with van der Waals surface area (Å²) in [4.78, 5) is 13.4. The van der Waals surface area contributed by atoms with Crippen molar-refractivity contribution in [3.8, 4) is 5.69 Å². The van der Waals surface area contributed by atoms with Gasteiger partial charge in [0, 0.05) is 6.04 Å². The first kappa shape index (κ1) is 12.3. The summed E-state index contributed by atoms with van der Waals surface area (Å²) in [5.74, 6) is -0.190. The van der Waals surface area contributed by atoms with Crippen molar-refractivity contribution in [2.45, 2.75) is 26.8 Å². The van der Waals surface area contributed by atoms with E-state index in [-0.39, 0.29) is 11.9 Å². The lowest BCUT2D eigenvalue weighted by Gasteiger charge is -2.05. The smallest absolute Gasteiger partial charge is 0.273 e. The van der Waals surface area contributed by atoms with E-state index in [4.69, 9.17) is 0 Å². The van der Waals surface area contributed by atoms with Gasteiger partial charge in [-0.1, -0.05) is 18.2 Å². The molecule has 5 heteroatoms. The van der Waals surface area contributed by atoms with Crippen LogP contribution >= 0.6 is 0 Å². The van der Waals surface area contributed by atoms with Gasteiger partial charge in [0.2, 0.25) is 0 Å². The van der Waals surface area contributed by atoms with Crippen LogP contribution in [0.4, 0.5) is 0 Å². The highest BCUT2D eigenvalue weighted by Crippen LogP contribution is 2.08. The Balaban J connectivity index is 2.30. The summed E-state index contributed by atoms with van der Waals surface area (Å²) in [5.41, 5.74) is 1.83. The lowest BCUT2D eigenvalue weighted by molar-refractivity contribution is 0.0937. The van der Waals surface area contributed by atoms with Crippen molar-refractivity contribution in [2.24, 2.45) is 0 Å². The van der Waals surface area contributed by atoms with Crippen LogP contribution in [0.5, 0.6) is 0 Å². The lowest BCUT2D eigenvalue weighted by atomic mass is 10.3. The van der Waals surface area contributed by atoms with Gasteiger partial charge in [-0.2, -0.15) is 9.90 Å². The molecule has 1 amide bonds. The monoisotopic (exact) mass is 244 g/mol. The number of aromatic nitrogens is 3. The molecular formula is C13H16N4O. The minimum Gasteiger partial charge on any atom is -0.348 e. The predicted octanol–water partition coefficient (Wildman–Crippen LogP) is 1.71. The van der Waals surface area contributed by atoms with Crippen LogP contribution in [0.25, 0.3) is 5.69 Å². The number of rotatable bonds is 3. The Morgan fingerprint density at radius 2 is 1.89 bits per heavy atom. The average Bonchev–Trinajstić information content (AvgIpc) is 2.72. The minimum atomic E-state index is -0.190. The highest BCUT2D eigenvalue weighted by atomic mass is 16.2. The minimum absolute atomic E-state index is 0.0822. The van der Waals surface area contributed by atoms with E-state index in [0.717, 1.165) is 5.69 Å². The van der Waals surface area contributed by atoms with Crippen LogP contribution in [0.2, 0.25) is 0 Å². The quantitative estimate of drug-likeness (QED) is 0.894. The largest absolute Gasteiger partial charge is 0.348 e. The fourth-order valence-electron chi connectivity index (χ4n) is 1.60. The molecule has 18 heavy (non-hydrogen) atoms. The zero-order chi connectivity index (χ0) is 13.1. The number of hydrogen-bond acceptors (Lipinski definition) is 3. The third-order valence-corrected chi connectivity index (χ3v) is 2.40. The van der Waals surface area contributed by atoms with E-state index < -0.39 is 0 Å². The van der Waals surface area contributed by atoms with Gasteiger partial charge < -0.3 is 5.32 Å². The molecule has 0 saturated heterocycles. The molecule has 0 spiro atoms. The lowest BCUT2D eigenvalue weighted by Crippen LogP contribution is -2.31. The van der Waals surface area contributed by atoms with Gasteiger partial charge in [-0.15, -0.1) is 5.10 Å². The molecule has 0 saturated carbocycles. The Morgan fingerprint density at radius 1 is 1.22 bits per heavy atom. The van der Waals surface area contributed by atoms with Crippen molar-refractivity contribution < 1.29 is 4.79 Å². The molecule has 1 heterocycles. The summed E-state index contributed by atoms with van der Waals surface area (Å²) >= 11 is 0. The fraction of sp³-hybridized carbons (Fsp3) is 0.308. The van der Waals surface area contributed by atoms with Gasteiger partial charge in [0.25, 0.3) is 5.91 Å². The number of carbonyl (C=O) groups is 1. The average molecular weight is 244 g/mol. The molecule has 0 radical (unpaired) electrons. The van der Waals surface area contributed by atoms with Crippen LogP contribution in [0.1, 0.15) is 30.0 Å². The Morgan fingerprint density at radius 3 is 2.50 bits per heavy atom. The molecule has 1 N–H and O–H groups in total. The van der Waals surface area contributed by atoms with E-state index in [1.807, 2.05) is 44.2 Å². The van der Waals surface area contributed by atoms with Crippen molar-refractivity contribution in [2.75, 3.05) is 0 Å². The maximum absolute atomic E-state index is 11.9.